The van der Waals surface area contributed by atoms with Crippen LogP contribution in [-0.2, 0) is 4.79 Å². The van der Waals surface area contributed by atoms with Crippen LogP contribution in [0.1, 0.15) is 62.2 Å². The van der Waals surface area contributed by atoms with Crippen LogP contribution >= 0.6 is 11.8 Å². The maximum atomic E-state index is 12.8. The van der Waals surface area contributed by atoms with Crippen molar-refractivity contribution in [2.24, 2.45) is 22.7 Å². The summed E-state index contributed by atoms with van der Waals surface area (Å²) in [5.74, 6) is 2.26. The first-order valence-electron chi connectivity index (χ1n) is 11.6. The molecule has 0 radical (unpaired) electrons. The molecule has 7 heteroatoms. The number of phenols is 1. The van der Waals surface area contributed by atoms with Crippen molar-refractivity contribution in [3.63, 3.8) is 0 Å². The Hall–Kier alpha value is -2.02. The summed E-state index contributed by atoms with van der Waals surface area (Å²) in [5.41, 5.74) is 0.607. The van der Waals surface area contributed by atoms with E-state index in [1.165, 1.54) is 25.7 Å². The van der Waals surface area contributed by atoms with Crippen LogP contribution in [0.25, 0.3) is 0 Å². The number of thioether (sulfide) groups is 1. The van der Waals surface area contributed by atoms with Gasteiger partial charge in [-0.2, -0.15) is 0 Å². The number of aliphatic imine (C=N–C) groups is 1. The van der Waals surface area contributed by atoms with E-state index in [2.05, 4.69) is 5.32 Å². The Labute approximate surface area is 187 Å². The summed E-state index contributed by atoms with van der Waals surface area (Å²) < 4.78 is -0.468. The predicted molar refractivity (Wildman–Crippen MR) is 122 cm³/mol. The molecule has 0 spiro atoms. The number of carbonyl (C=O) groups is 2. The number of phenolic OH excluding ortho intramolecular Hbond substituents is 1. The lowest BCUT2D eigenvalue weighted by Gasteiger charge is -2.34. The predicted octanol–water partition coefficient (Wildman–Crippen LogP) is 3.80. The van der Waals surface area contributed by atoms with E-state index in [1.807, 2.05) is 11.8 Å². The molecular formula is C24H31N3O3S. The van der Waals surface area contributed by atoms with Gasteiger partial charge < -0.3 is 15.3 Å². The zero-order valence-electron chi connectivity index (χ0n) is 18.0. The zero-order chi connectivity index (χ0) is 21.6. The highest BCUT2D eigenvalue weighted by Crippen LogP contribution is 2.47. The minimum Gasteiger partial charge on any atom is -0.508 e. The summed E-state index contributed by atoms with van der Waals surface area (Å²) in [6.45, 7) is 3.46. The summed E-state index contributed by atoms with van der Waals surface area (Å²) >= 11 is 1.62. The Balaban J connectivity index is 1.16. The van der Waals surface area contributed by atoms with Gasteiger partial charge in [0.25, 0.3) is 5.91 Å². The van der Waals surface area contributed by atoms with Crippen LogP contribution in [-0.4, -0.2) is 50.9 Å². The summed E-state index contributed by atoms with van der Waals surface area (Å²) in [6, 6.07) is 6.83. The number of amides is 2. The maximum Gasteiger partial charge on any atom is 0.253 e. The molecule has 5 rings (SSSR count). The molecule has 1 aromatic rings. The molecule has 4 atom stereocenters. The van der Waals surface area contributed by atoms with Gasteiger partial charge in [0, 0.05) is 18.7 Å². The molecule has 166 valence electrons. The van der Waals surface area contributed by atoms with Crippen molar-refractivity contribution in [1.29, 1.82) is 0 Å². The van der Waals surface area contributed by atoms with Crippen LogP contribution in [0.2, 0.25) is 0 Å². The number of amidine groups is 1. The third-order valence-corrected chi connectivity index (χ3v) is 8.90. The lowest BCUT2D eigenvalue weighted by molar-refractivity contribution is -0.121. The Morgan fingerprint density at radius 1 is 1.19 bits per heavy atom. The molecule has 4 aliphatic rings. The van der Waals surface area contributed by atoms with E-state index in [9.17, 15) is 14.7 Å². The van der Waals surface area contributed by atoms with Gasteiger partial charge in [-0.1, -0.05) is 18.2 Å². The highest BCUT2D eigenvalue weighted by molar-refractivity contribution is 8.16. The SMILES string of the molecule is CC1(CC2CCN(C(=O)c3ccc(O)cc3)CC2)SC(=N[C@H]2C[C@@H]3CC[C@H]2C3)NC1=O. The molecule has 2 saturated heterocycles. The second kappa shape index (κ2) is 8.15. The van der Waals surface area contributed by atoms with E-state index >= 15 is 0 Å². The van der Waals surface area contributed by atoms with Gasteiger partial charge in [-0.25, -0.2) is 0 Å². The normalized spacial score (nSPS) is 34.5. The zero-order valence-corrected chi connectivity index (χ0v) is 18.9. The Kier molecular flexibility index (Phi) is 5.49. The number of rotatable bonds is 4. The molecule has 4 fully saturated rings. The fourth-order valence-electron chi connectivity index (χ4n) is 5.91. The van der Waals surface area contributed by atoms with Gasteiger partial charge in [-0.15, -0.1) is 0 Å². The summed E-state index contributed by atoms with van der Waals surface area (Å²) in [6.07, 6.45) is 7.80. The average Bonchev–Trinajstić information content (AvgIpc) is 3.44. The second-order valence-corrected chi connectivity index (χ2v) is 11.4. The minimum atomic E-state index is -0.468. The molecule has 2 aliphatic carbocycles. The number of hydrogen-bond acceptors (Lipinski definition) is 5. The van der Waals surface area contributed by atoms with Gasteiger partial charge in [0.05, 0.1) is 10.8 Å². The van der Waals surface area contributed by atoms with Crippen molar-refractivity contribution >= 4 is 28.7 Å². The molecule has 1 aromatic carbocycles. The van der Waals surface area contributed by atoms with Crippen molar-refractivity contribution in [3.05, 3.63) is 29.8 Å². The van der Waals surface area contributed by atoms with Gasteiger partial charge in [-0.3, -0.25) is 14.6 Å². The Morgan fingerprint density at radius 3 is 2.58 bits per heavy atom. The van der Waals surface area contributed by atoms with Crippen LogP contribution < -0.4 is 5.32 Å². The summed E-state index contributed by atoms with van der Waals surface area (Å²) in [4.78, 5) is 32.3. The van der Waals surface area contributed by atoms with Gasteiger partial charge in [0.1, 0.15) is 5.75 Å². The lowest BCUT2D eigenvalue weighted by atomic mass is 9.87. The second-order valence-electron chi connectivity index (χ2n) is 9.95. The van der Waals surface area contributed by atoms with E-state index in [-0.39, 0.29) is 17.6 Å². The molecule has 2 saturated carbocycles. The van der Waals surface area contributed by atoms with Crippen molar-refractivity contribution < 1.29 is 14.7 Å². The van der Waals surface area contributed by atoms with E-state index in [4.69, 9.17) is 4.99 Å². The van der Waals surface area contributed by atoms with Gasteiger partial charge in [0.15, 0.2) is 5.17 Å². The van der Waals surface area contributed by atoms with Crippen molar-refractivity contribution in [3.8, 4) is 5.75 Å². The monoisotopic (exact) mass is 441 g/mol. The molecule has 1 unspecified atom stereocenters. The van der Waals surface area contributed by atoms with Gasteiger partial charge in [-0.05, 0) is 87.5 Å². The molecule has 2 heterocycles. The molecular weight excluding hydrogens is 410 g/mol. The van der Waals surface area contributed by atoms with Crippen LogP contribution in [0.3, 0.4) is 0 Å². The molecule has 0 aromatic heterocycles. The molecule has 2 N–H and O–H groups in total. The average molecular weight is 442 g/mol. The van der Waals surface area contributed by atoms with Crippen molar-refractivity contribution in [1.82, 2.24) is 10.2 Å². The Bertz CT molecular complexity index is 894. The molecule has 2 aliphatic heterocycles. The highest BCUT2D eigenvalue weighted by atomic mass is 32.2. The number of piperidine rings is 1. The quantitative estimate of drug-likeness (QED) is 0.745. The first-order valence-corrected chi connectivity index (χ1v) is 12.4. The number of fused-ring (bicyclic) bond motifs is 2. The third-order valence-electron chi connectivity index (χ3n) is 7.70. The number of carbonyl (C=O) groups excluding carboxylic acids is 2. The number of nitrogens with zero attached hydrogens (tertiary/aromatic N) is 2. The van der Waals surface area contributed by atoms with Gasteiger partial charge >= 0.3 is 0 Å². The summed E-state index contributed by atoms with van der Waals surface area (Å²) in [7, 11) is 0. The van der Waals surface area contributed by atoms with Crippen LogP contribution in [0.4, 0.5) is 0 Å². The minimum absolute atomic E-state index is 0.0120. The smallest absolute Gasteiger partial charge is 0.253 e. The van der Waals surface area contributed by atoms with Crippen LogP contribution in [0, 0.1) is 17.8 Å². The van der Waals surface area contributed by atoms with Crippen LogP contribution in [0.5, 0.6) is 5.75 Å². The van der Waals surface area contributed by atoms with Crippen molar-refractivity contribution in [2.75, 3.05) is 13.1 Å². The number of nitrogens with one attached hydrogen (secondary N) is 1. The van der Waals surface area contributed by atoms with Crippen molar-refractivity contribution in [2.45, 2.75) is 62.7 Å². The maximum absolute atomic E-state index is 12.8. The fraction of sp³-hybridized carbons (Fsp3) is 0.625. The summed E-state index contributed by atoms with van der Waals surface area (Å²) in [5, 5.41) is 13.3. The first kappa shape index (κ1) is 20.9. The Morgan fingerprint density at radius 2 is 1.94 bits per heavy atom. The largest absolute Gasteiger partial charge is 0.508 e. The lowest BCUT2D eigenvalue weighted by Crippen LogP contribution is -2.41. The third kappa shape index (κ3) is 4.21. The van der Waals surface area contributed by atoms with E-state index < -0.39 is 4.75 Å². The topological polar surface area (TPSA) is 82.0 Å². The van der Waals surface area contributed by atoms with E-state index in [0.29, 0.717) is 30.6 Å². The fourth-order valence-corrected chi connectivity index (χ4v) is 7.13. The molecule has 2 bridgehead atoms. The number of aromatic hydroxyl groups is 1. The molecule has 31 heavy (non-hydrogen) atoms. The molecule has 6 nitrogen and oxygen atoms in total. The highest BCUT2D eigenvalue weighted by Gasteiger charge is 2.46. The number of likely N-dealkylation sites (tertiary alicyclic amines) is 1. The molecule has 2 amide bonds. The van der Waals surface area contributed by atoms with E-state index in [1.54, 1.807) is 36.0 Å². The standard InChI is InChI=1S/C24H31N3O3S/c1-24(22(30)26-23(31-24)25-20-13-16-2-3-18(20)12-16)14-15-8-10-27(11-9-15)21(29)17-4-6-19(28)7-5-17/h4-7,15-16,18,20,28H,2-3,8-14H2,1H3,(H,25,26,30)/t16-,18+,20+,24?/m1/s1. The first-order chi connectivity index (χ1) is 14.9. The number of benzene rings is 1. The van der Waals surface area contributed by atoms with E-state index in [0.717, 1.165) is 36.3 Å². The van der Waals surface area contributed by atoms with Gasteiger partial charge in [0.2, 0.25) is 5.91 Å². The van der Waals surface area contributed by atoms with Crippen LogP contribution in [0.15, 0.2) is 29.3 Å². The number of hydrogen-bond donors (Lipinski definition) is 2.